The number of likely N-dealkylation sites (tertiary alicyclic amines) is 1. The normalized spacial score (nSPS) is 15.7. The highest BCUT2D eigenvalue weighted by Gasteiger charge is 2.10. The molecule has 0 atom stereocenters. The second kappa shape index (κ2) is 6.27. The maximum absolute atomic E-state index is 8.95. The van der Waals surface area contributed by atoms with Crippen LogP contribution in [-0.2, 0) is 0 Å². The molecule has 3 heteroatoms. The van der Waals surface area contributed by atoms with Gasteiger partial charge in [0.15, 0.2) is 0 Å². The van der Waals surface area contributed by atoms with Gasteiger partial charge in [0.1, 0.15) is 6.07 Å². The Balaban J connectivity index is 1.72. The van der Waals surface area contributed by atoms with E-state index in [1.807, 2.05) is 24.3 Å². The maximum atomic E-state index is 8.95. The minimum absolute atomic E-state index is 0.730. The van der Waals surface area contributed by atoms with Crippen LogP contribution in [0.15, 0.2) is 24.3 Å². The van der Waals surface area contributed by atoms with E-state index in [0.29, 0.717) is 0 Å². The number of rotatable bonds is 5. The van der Waals surface area contributed by atoms with Gasteiger partial charge < -0.3 is 10.2 Å². The maximum Gasteiger partial charge on any atom is 0.101 e. The molecule has 1 fully saturated rings. The molecule has 1 aliphatic heterocycles. The van der Waals surface area contributed by atoms with Crippen molar-refractivity contribution in [2.24, 2.45) is 0 Å². The summed E-state index contributed by atoms with van der Waals surface area (Å²) in [4.78, 5) is 2.51. The van der Waals surface area contributed by atoms with Crippen LogP contribution in [0.3, 0.4) is 0 Å². The summed E-state index contributed by atoms with van der Waals surface area (Å²) in [6.07, 6.45) is 3.84. The van der Waals surface area contributed by atoms with Crippen LogP contribution in [0.1, 0.15) is 24.8 Å². The predicted octanol–water partition coefficient (Wildman–Crippen LogP) is 2.46. The Morgan fingerprint density at radius 3 is 2.76 bits per heavy atom. The predicted molar refractivity (Wildman–Crippen MR) is 69.9 cm³/mol. The van der Waals surface area contributed by atoms with E-state index in [1.165, 1.54) is 32.5 Å². The van der Waals surface area contributed by atoms with E-state index in [4.69, 9.17) is 5.26 Å². The average molecular weight is 229 g/mol. The minimum atomic E-state index is 0.730. The number of benzene rings is 1. The second-order valence-electron chi connectivity index (χ2n) is 4.49. The van der Waals surface area contributed by atoms with Crippen LogP contribution < -0.4 is 5.32 Å². The molecular formula is C14H19N3. The van der Waals surface area contributed by atoms with Gasteiger partial charge in [-0.25, -0.2) is 0 Å². The first kappa shape index (κ1) is 11.9. The lowest BCUT2D eigenvalue weighted by atomic mass is 10.2. The zero-order chi connectivity index (χ0) is 11.9. The van der Waals surface area contributed by atoms with Crippen molar-refractivity contribution >= 4 is 5.69 Å². The smallest absolute Gasteiger partial charge is 0.101 e. The molecule has 2 rings (SSSR count). The van der Waals surface area contributed by atoms with Crippen molar-refractivity contribution in [3.63, 3.8) is 0 Å². The Bertz CT molecular complexity index is 389. The van der Waals surface area contributed by atoms with Crippen molar-refractivity contribution in [3.8, 4) is 6.07 Å². The Morgan fingerprint density at radius 1 is 1.24 bits per heavy atom. The lowest BCUT2D eigenvalue weighted by molar-refractivity contribution is 0.337. The summed E-state index contributed by atoms with van der Waals surface area (Å²) in [7, 11) is 0. The third kappa shape index (κ3) is 3.47. The van der Waals surface area contributed by atoms with Gasteiger partial charge in [-0.2, -0.15) is 5.26 Å². The Kier molecular flexibility index (Phi) is 4.40. The molecule has 0 aliphatic carbocycles. The molecule has 1 aromatic carbocycles. The van der Waals surface area contributed by atoms with Crippen molar-refractivity contribution in [2.45, 2.75) is 19.3 Å². The molecule has 1 N–H and O–H groups in total. The molecule has 90 valence electrons. The van der Waals surface area contributed by atoms with Crippen LogP contribution in [-0.4, -0.2) is 31.1 Å². The second-order valence-corrected chi connectivity index (χ2v) is 4.49. The van der Waals surface area contributed by atoms with Crippen molar-refractivity contribution in [2.75, 3.05) is 31.5 Å². The zero-order valence-electron chi connectivity index (χ0n) is 10.2. The molecule has 0 radical (unpaired) electrons. The number of para-hydroxylation sites is 1. The first-order chi connectivity index (χ1) is 8.40. The molecule has 3 nitrogen and oxygen atoms in total. The summed E-state index contributed by atoms with van der Waals surface area (Å²) >= 11 is 0. The summed E-state index contributed by atoms with van der Waals surface area (Å²) in [5, 5.41) is 12.3. The van der Waals surface area contributed by atoms with Gasteiger partial charge in [0.05, 0.1) is 11.3 Å². The third-order valence-corrected chi connectivity index (χ3v) is 3.21. The van der Waals surface area contributed by atoms with Crippen LogP contribution in [0.5, 0.6) is 0 Å². The number of nitrogens with zero attached hydrogens (tertiary/aromatic N) is 2. The quantitative estimate of drug-likeness (QED) is 0.788. The summed E-state index contributed by atoms with van der Waals surface area (Å²) in [5.74, 6) is 0. The Hall–Kier alpha value is -1.53. The largest absolute Gasteiger partial charge is 0.384 e. The highest BCUT2D eigenvalue weighted by Crippen LogP contribution is 2.13. The molecule has 1 aliphatic rings. The molecule has 0 spiro atoms. The third-order valence-electron chi connectivity index (χ3n) is 3.21. The van der Waals surface area contributed by atoms with Crippen LogP contribution in [0.4, 0.5) is 5.69 Å². The van der Waals surface area contributed by atoms with Crippen molar-refractivity contribution < 1.29 is 0 Å². The fraction of sp³-hybridized carbons (Fsp3) is 0.500. The lowest BCUT2D eigenvalue weighted by Gasteiger charge is -2.14. The van der Waals surface area contributed by atoms with E-state index in [-0.39, 0.29) is 0 Å². The van der Waals surface area contributed by atoms with Crippen molar-refractivity contribution in [3.05, 3.63) is 29.8 Å². The molecule has 17 heavy (non-hydrogen) atoms. The topological polar surface area (TPSA) is 39.1 Å². The fourth-order valence-corrected chi connectivity index (χ4v) is 2.27. The molecule has 0 aromatic heterocycles. The van der Waals surface area contributed by atoms with Gasteiger partial charge in [0, 0.05) is 6.54 Å². The van der Waals surface area contributed by atoms with E-state index < -0.39 is 0 Å². The monoisotopic (exact) mass is 229 g/mol. The first-order valence-corrected chi connectivity index (χ1v) is 6.35. The number of hydrogen-bond acceptors (Lipinski definition) is 3. The number of anilines is 1. The van der Waals surface area contributed by atoms with Crippen LogP contribution in [0.2, 0.25) is 0 Å². The van der Waals surface area contributed by atoms with Gasteiger partial charge in [0.25, 0.3) is 0 Å². The van der Waals surface area contributed by atoms with E-state index in [0.717, 1.165) is 24.2 Å². The van der Waals surface area contributed by atoms with Crippen LogP contribution in [0, 0.1) is 11.3 Å². The minimum Gasteiger partial charge on any atom is -0.384 e. The van der Waals surface area contributed by atoms with Crippen molar-refractivity contribution in [1.82, 2.24) is 4.90 Å². The summed E-state index contributed by atoms with van der Waals surface area (Å²) < 4.78 is 0. The molecule has 0 bridgehead atoms. The molecule has 0 unspecified atom stereocenters. The average Bonchev–Trinajstić information content (AvgIpc) is 2.88. The molecule has 0 amide bonds. The van der Waals surface area contributed by atoms with Gasteiger partial charge >= 0.3 is 0 Å². The first-order valence-electron chi connectivity index (χ1n) is 6.35. The van der Waals surface area contributed by atoms with Gasteiger partial charge in [-0.3, -0.25) is 0 Å². The standard InChI is InChI=1S/C14H19N3/c15-12-13-6-1-2-7-14(13)16-8-5-11-17-9-3-4-10-17/h1-2,6-7,16H,3-5,8-11H2. The number of nitriles is 1. The summed E-state index contributed by atoms with van der Waals surface area (Å²) in [5.41, 5.74) is 1.69. The highest BCUT2D eigenvalue weighted by atomic mass is 15.1. The fourth-order valence-electron chi connectivity index (χ4n) is 2.27. The SMILES string of the molecule is N#Cc1ccccc1NCCCN1CCCC1. The number of hydrogen-bond donors (Lipinski definition) is 1. The van der Waals surface area contributed by atoms with E-state index >= 15 is 0 Å². The van der Waals surface area contributed by atoms with Crippen molar-refractivity contribution in [1.29, 1.82) is 5.26 Å². The van der Waals surface area contributed by atoms with E-state index in [1.54, 1.807) is 0 Å². The Morgan fingerprint density at radius 2 is 2.00 bits per heavy atom. The van der Waals surface area contributed by atoms with E-state index in [2.05, 4.69) is 16.3 Å². The van der Waals surface area contributed by atoms with E-state index in [9.17, 15) is 0 Å². The molecule has 1 heterocycles. The lowest BCUT2D eigenvalue weighted by Crippen LogP contribution is -2.22. The number of nitrogens with one attached hydrogen (secondary N) is 1. The summed E-state index contributed by atoms with van der Waals surface area (Å²) in [6.45, 7) is 4.63. The highest BCUT2D eigenvalue weighted by molar-refractivity contribution is 5.56. The van der Waals surface area contributed by atoms with Gasteiger partial charge in [-0.1, -0.05) is 12.1 Å². The molecule has 1 aromatic rings. The molecule has 0 saturated carbocycles. The molecular weight excluding hydrogens is 210 g/mol. The summed E-state index contributed by atoms with van der Waals surface area (Å²) in [6, 6.07) is 9.88. The Labute approximate surface area is 103 Å². The molecule has 1 saturated heterocycles. The van der Waals surface area contributed by atoms with Crippen LogP contribution >= 0.6 is 0 Å². The van der Waals surface area contributed by atoms with Crippen LogP contribution in [0.25, 0.3) is 0 Å². The van der Waals surface area contributed by atoms with Gasteiger partial charge in [0.2, 0.25) is 0 Å². The van der Waals surface area contributed by atoms with Gasteiger partial charge in [-0.05, 0) is 51.0 Å². The van der Waals surface area contributed by atoms with Gasteiger partial charge in [-0.15, -0.1) is 0 Å². The zero-order valence-corrected chi connectivity index (χ0v) is 10.2.